The van der Waals surface area contributed by atoms with Crippen LogP contribution in [0.25, 0.3) is 11.0 Å². The van der Waals surface area contributed by atoms with E-state index >= 15 is 0 Å². The quantitative estimate of drug-likeness (QED) is 0.652. The number of carbonyl (C=O) groups excluding carboxylic acids is 1. The third-order valence-electron chi connectivity index (χ3n) is 4.35. The first kappa shape index (κ1) is 18.7. The molecule has 0 fully saturated rings. The Morgan fingerprint density at radius 3 is 2.74 bits per heavy atom. The van der Waals surface area contributed by atoms with E-state index in [2.05, 4.69) is 5.32 Å². The molecule has 2 aromatic carbocycles. The van der Waals surface area contributed by atoms with E-state index in [1.54, 1.807) is 37.4 Å². The minimum Gasteiger partial charge on any atom is -0.496 e. The Bertz CT molecular complexity index is 1040. The summed E-state index contributed by atoms with van der Waals surface area (Å²) in [6, 6.07) is 12.3. The molecule has 1 heterocycles. The van der Waals surface area contributed by atoms with E-state index in [1.807, 2.05) is 19.1 Å². The molecule has 0 saturated carbocycles. The average molecular weight is 366 g/mol. The SMILES string of the molecule is CCCc1c(OC)ccc2cc(C(=O)Nc3cccc(CN)c3)c(=O)oc12. The van der Waals surface area contributed by atoms with Gasteiger partial charge in [-0.1, -0.05) is 25.5 Å². The van der Waals surface area contributed by atoms with Crippen LogP contribution in [0, 0.1) is 0 Å². The second-order valence-corrected chi connectivity index (χ2v) is 6.22. The summed E-state index contributed by atoms with van der Waals surface area (Å²) in [6.07, 6.45) is 1.58. The summed E-state index contributed by atoms with van der Waals surface area (Å²) in [5, 5.41) is 3.40. The Kier molecular flexibility index (Phi) is 5.57. The molecule has 0 saturated heterocycles. The molecule has 0 aliphatic carbocycles. The van der Waals surface area contributed by atoms with Gasteiger partial charge < -0.3 is 20.2 Å². The molecular weight excluding hydrogens is 344 g/mol. The van der Waals surface area contributed by atoms with Crippen LogP contribution >= 0.6 is 0 Å². The van der Waals surface area contributed by atoms with E-state index in [0.717, 1.165) is 17.5 Å². The van der Waals surface area contributed by atoms with Gasteiger partial charge in [0.25, 0.3) is 5.91 Å². The number of ether oxygens (including phenoxy) is 1. The van der Waals surface area contributed by atoms with Crippen molar-refractivity contribution in [3.05, 3.63) is 69.6 Å². The summed E-state index contributed by atoms with van der Waals surface area (Å²) in [5.41, 5.74) is 7.64. The van der Waals surface area contributed by atoms with Gasteiger partial charge in [-0.15, -0.1) is 0 Å². The van der Waals surface area contributed by atoms with Gasteiger partial charge in [0.2, 0.25) is 0 Å². The third-order valence-corrected chi connectivity index (χ3v) is 4.35. The lowest BCUT2D eigenvalue weighted by Gasteiger charge is -2.11. The van der Waals surface area contributed by atoms with Gasteiger partial charge >= 0.3 is 5.63 Å². The lowest BCUT2D eigenvalue weighted by molar-refractivity contribution is 0.102. The number of aryl methyl sites for hydroxylation is 1. The van der Waals surface area contributed by atoms with Crippen LogP contribution in [0.4, 0.5) is 5.69 Å². The Balaban J connectivity index is 2.01. The number of amides is 1. The fourth-order valence-electron chi connectivity index (χ4n) is 3.03. The average Bonchev–Trinajstić information content (AvgIpc) is 2.68. The highest BCUT2D eigenvalue weighted by Crippen LogP contribution is 2.29. The molecule has 1 amide bonds. The van der Waals surface area contributed by atoms with Gasteiger partial charge in [0, 0.05) is 23.2 Å². The zero-order valence-electron chi connectivity index (χ0n) is 15.4. The van der Waals surface area contributed by atoms with Crippen LogP contribution in [-0.2, 0) is 13.0 Å². The number of rotatable bonds is 6. The molecule has 0 bridgehead atoms. The molecule has 0 unspecified atom stereocenters. The third kappa shape index (κ3) is 3.85. The summed E-state index contributed by atoms with van der Waals surface area (Å²) in [5.74, 6) is 0.149. The zero-order valence-corrected chi connectivity index (χ0v) is 15.4. The smallest absolute Gasteiger partial charge is 0.349 e. The van der Waals surface area contributed by atoms with Crippen LogP contribution in [0.5, 0.6) is 5.75 Å². The summed E-state index contributed by atoms with van der Waals surface area (Å²) in [6.45, 7) is 2.40. The molecule has 0 aliphatic heterocycles. The predicted octanol–water partition coefficient (Wildman–Crippen LogP) is 3.47. The minimum atomic E-state index is -0.680. The first-order valence-corrected chi connectivity index (χ1v) is 8.81. The van der Waals surface area contributed by atoms with Gasteiger partial charge in [-0.25, -0.2) is 4.79 Å². The van der Waals surface area contributed by atoms with Gasteiger partial charge in [0.15, 0.2) is 0 Å². The number of hydrogen-bond donors (Lipinski definition) is 2. The van der Waals surface area contributed by atoms with E-state index < -0.39 is 11.5 Å². The largest absolute Gasteiger partial charge is 0.496 e. The molecule has 6 nitrogen and oxygen atoms in total. The molecule has 0 radical (unpaired) electrons. The van der Waals surface area contributed by atoms with Crippen LogP contribution < -0.4 is 21.4 Å². The van der Waals surface area contributed by atoms with Gasteiger partial charge in [-0.2, -0.15) is 0 Å². The summed E-state index contributed by atoms with van der Waals surface area (Å²) in [4.78, 5) is 25.0. The lowest BCUT2D eigenvalue weighted by Crippen LogP contribution is -2.21. The highest BCUT2D eigenvalue weighted by Gasteiger charge is 2.17. The summed E-state index contributed by atoms with van der Waals surface area (Å²) >= 11 is 0. The van der Waals surface area contributed by atoms with E-state index in [4.69, 9.17) is 14.9 Å². The van der Waals surface area contributed by atoms with Gasteiger partial charge in [-0.3, -0.25) is 4.79 Å². The Hall–Kier alpha value is -3.12. The number of nitrogens with two attached hydrogens (primary N) is 1. The summed E-state index contributed by atoms with van der Waals surface area (Å²) < 4.78 is 10.9. The van der Waals surface area contributed by atoms with Crippen LogP contribution in [0.2, 0.25) is 0 Å². The van der Waals surface area contributed by atoms with Crippen molar-refractivity contribution in [2.24, 2.45) is 5.73 Å². The molecule has 3 aromatic rings. The molecule has 3 rings (SSSR count). The van der Waals surface area contributed by atoms with E-state index in [0.29, 0.717) is 35.4 Å². The van der Waals surface area contributed by atoms with Crippen LogP contribution in [0.1, 0.15) is 34.8 Å². The molecule has 0 aliphatic rings. The minimum absolute atomic E-state index is 0.0479. The standard InChI is InChI=1S/C21H22N2O4/c1-3-5-16-18(26-2)9-8-14-11-17(21(25)27-19(14)16)20(24)23-15-7-4-6-13(10-15)12-22/h4,6-11H,3,5,12,22H2,1-2H3,(H,23,24). The van der Waals surface area contributed by atoms with Crippen molar-refractivity contribution in [3.63, 3.8) is 0 Å². The van der Waals surface area contributed by atoms with Gasteiger partial charge in [0.05, 0.1) is 7.11 Å². The lowest BCUT2D eigenvalue weighted by atomic mass is 10.0. The topological polar surface area (TPSA) is 94.6 Å². The molecule has 140 valence electrons. The van der Waals surface area contributed by atoms with E-state index in [1.165, 1.54) is 0 Å². The van der Waals surface area contributed by atoms with E-state index in [9.17, 15) is 9.59 Å². The van der Waals surface area contributed by atoms with Crippen molar-refractivity contribution >= 4 is 22.6 Å². The van der Waals surface area contributed by atoms with Crippen molar-refractivity contribution in [2.75, 3.05) is 12.4 Å². The fraction of sp³-hybridized carbons (Fsp3) is 0.238. The van der Waals surface area contributed by atoms with Crippen molar-refractivity contribution in [2.45, 2.75) is 26.3 Å². The summed E-state index contributed by atoms with van der Waals surface area (Å²) in [7, 11) is 1.58. The molecule has 6 heteroatoms. The maximum atomic E-state index is 12.6. The highest BCUT2D eigenvalue weighted by atomic mass is 16.5. The highest BCUT2D eigenvalue weighted by molar-refractivity contribution is 6.05. The zero-order chi connectivity index (χ0) is 19.4. The molecule has 3 N–H and O–H groups in total. The van der Waals surface area contributed by atoms with Crippen molar-refractivity contribution in [1.82, 2.24) is 0 Å². The molecule has 1 aromatic heterocycles. The normalized spacial score (nSPS) is 10.8. The number of fused-ring (bicyclic) bond motifs is 1. The maximum absolute atomic E-state index is 12.6. The number of methoxy groups -OCH3 is 1. The monoisotopic (exact) mass is 366 g/mol. The molecule has 0 spiro atoms. The second kappa shape index (κ2) is 8.05. The Labute approximate surface area is 156 Å². The number of hydrogen-bond acceptors (Lipinski definition) is 5. The second-order valence-electron chi connectivity index (χ2n) is 6.22. The van der Waals surface area contributed by atoms with Crippen LogP contribution in [0.3, 0.4) is 0 Å². The molecule has 0 atom stereocenters. The maximum Gasteiger partial charge on any atom is 0.349 e. The Morgan fingerprint density at radius 2 is 2.04 bits per heavy atom. The van der Waals surface area contributed by atoms with Gasteiger partial charge in [-0.05, 0) is 42.3 Å². The number of anilines is 1. The molecule has 27 heavy (non-hydrogen) atoms. The first-order chi connectivity index (χ1) is 13.1. The van der Waals surface area contributed by atoms with Crippen molar-refractivity contribution in [1.29, 1.82) is 0 Å². The number of nitrogens with one attached hydrogen (secondary N) is 1. The predicted molar refractivity (Wildman–Crippen MR) is 105 cm³/mol. The number of benzene rings is 2. The van der Waals surface area contributed by atoms with Gasteiger partial charge in [0.1, 0.15) is 16.9 Å². The van der Waals surface area contributed by atoms with Crippen molar-refractivity contribution in [3.8, 4) is 5.75 Å². The number of carbonyl (C=O) groups is 1. The molecular formula is C21H22N2O4. The van der Waals surface area contributed by atoms with E-state index in [-0.39, 0.29) is 5.56 Å². The fourth-order valence-corrected chi connectivity index (χ4v) is 3.03. The Morgan fingerprint density at radius 1 is 1.22 bits per heavy atom. The van der Waals surface area contributed by atoms with Crippen LogP contribution in [0.15, 0.2) is 51.7 Å². The van der Waals surface area contributed by atoms with Crippen LogP contribution in [-0.4, -0.2) is 13.0 Å². The first-order valence-electron chi connectivity index (χ1n) is 8.81. The van der Waals surface area contributed by atoms with Crippen molar-refractivity contribution < 1.29 is 13.9 Å².